The van der Waals surface area contributed by atoms with Crippen LogP contribution in [0.15, 0.2) is 36.7 Å². The quantitative estimate of drug-likeness (QED) is 0.846. The third kappa shape index (κ3) is 3.65. The number of ether oxygens (including phenoxy) is 1. The molecule has 6 heteroatoms. The summed E-state index contributed by atoms with van der Waals surface area (Å²) in [6, 6.07) is 8.45. The number of rotatable bonds is 5. The molecule has 1 aromatic carbocycles. The van der Waals surface area contributed by atoms with Crippen LogP contribution in [0.3, 0.4) is 0 Å². The zero-order chi connectivity index (χ0) is 16.1. The first-order valence-corrected chi connectivity index (χ1v) is 7.69. The van der Waals surface area contributed by atoms with Crippen molar-refractivity contribution in [1.82, 2.24) is 15.3 Å². The minimum Gasteiger partial charge on any atom is -0.383 e. The third-order valence-corrected chi connectivity index (χ3v) is 3.92. The molecule has 0 fully saturated rings. The van der Waals surface area contributed by atoms with E-state index < -0.39 is 0 Å². The fourth-order valence-corrected chi connectivity index (χ4v) is 2.65. The van der Waals surface area contributed by atoms with Gasteiger partial charge in [-0.3, -0.25) is 4.79 Å². The summed E-state index contributed by atoms with van der Waals surface area (Å²) in [5.41, 5.74) is 3.04. The molecule has 1 aliphatic heterocycles. The highest BCUT2D eigenvalue weighted by atomic mass is 16.5. The number of hydrogen-bond donors (Lipinski definition) is 1. The maximum Gasteiger partial charge on any atom is 0.271 e. The lowest BCUT2D eigenvalue weighted by Crippen LogP contribution is -2.31. The zero-order valence-corrected chi connectivity index (χ0v) is 13.2. The van der Waals surface area contributed by atoms with Crippen LogP contribution in [0.1, 0.15) is 21.6 Å². The first-order chi connectivity index (χ1) is 11.3. The molecule has 0 saturated heterocycles. The summed E-state index contributed by atoms with van der Waals surface area (Å²) in [7, 11) is 1.59. The van der Waals surface area contributed by atoms with Gasteiger partial charge in [0, 0.05) is 26.7 Å². The molecule has 1 amide bonds. The van der Waals surface area contributed by atoms with E-state index in [9.17, 15) is 4.79 Å². The van der Waals surface area contributed by atoms with E-state index in [4.69, 9.17) is 4.74 Å². The molecule has 120 valence electrons. The number of carbonyl (C=O) groups is 1. The first kappa shape index (κ1) is 15.4. The maximum atomic E-state index is 11.9. The summed E-state index contributed by atoms with van der Waals surface area (Å²) in [6.07, 6.45) is 4.19. The molecule has 0 atom stereocenters. The molecule has 3 rings (SSSR count). The Hall–Kier alpha value is -2.47. The average Bonchev–Trinajstić information content (AvgIpc) is 2.61. The Morgan fingerprint density at radius 3 is 2.83 bits per heavy atom. The van der Waals surface area contributed by atoms with Crippen LogP contribution in [-0.4, -0.2) is 42.7 Å². The molecule has 1 aliphatic rings. The summed E-state index contributed by atoms with van der Waals surface area (Å²) in [6.45, 7) is 2.67. The molecular formula is C17H20N4O2. The number of nitrogens with one attached hydrogen (secondary N) is 1. The molecule has 2 heterocycles. The summed E-state index contributed by atoms with van der Waals surface area (Å²) in [4.78, 5) is 22.7. The summed E-state index contributed by atoms with van der Waals surface area (Å²) >= 11 is 0. The number of nitrogens with zero attached hydrogens (tertiary/aromatic N) is 3. The zero-order valence-electron chi connectivity index (χ0n) is 13.2. The van der Waals surface area contributed by atoms with Crippen molar-refractivity contribution in [3.05, 3.63) is 53.5 Å². The molecule has 1 aromatic heterocycles. The van der Waals surface area contributed by atoms with Gasteiger partial charge in [0.2, 0.25) is 0 Å². The van der Waals surface area contributed by atoms with E-state index in [0.29, 0.717) is 18.8 Å². The Kier molecular flexibility index (Phi) is 4.83. The topological polar surface area (TPSA) is 67.3 Å². The standard InChI is InChI=1S/C17H20N4O2/c1-23-9-7-18-17(22)15-10-20-16(11-19-15)21-8-6-13-4-2-3-5-14(13)12-21/h2-5,10-11H,6-9,12H2,1H3,(H,18,22). The molecule has 23 heavy (non-hydrogen) atoms. The Morgan fingerprint density at radius 2 is 2.09 bits per heavy atom. The largest absolute Gasteiger partial charge is 0.383 e. The van der Waals surface area contributed by atoms with Gasteiger partial charge in [-0.25, -0.2) is 9.97 Å². The molecule has 0 saturated carbocycles. The van der Waals surface area contributed by atoms with Crippen molar-refractivity contribution in [1.29, 1.82) is 0 Å². The van der Waals surface area contributed by atoms with Gasteiger partial charge >= 0.3 is 0 Å². The van der Waals surface area contributed by atoms with Crippen molar-refractivity contribution in [2.45, 2.75) is 13.0 Å². The Bertz CT molecular complexity index is 673. The highest BCUT2D eigenvalue weighted by molar-refractivity contribution is 5.91. The average molecular weight is 312 g/mol. The van der Waals surface area contributed by atoms with E-state index in [1.54, 1.807) is 13.3 Å². The van der Waals surface area contributed by atoms with Crippen molar-refractivity contribution in [2.75, 3.05) is 31.7 Å². The summed E-state index contributed by atoms with van der Waals surface area (Å²) in [5.74, 6) is 0.568. The van der Waals surface area contributed by atoms with Crippen LogP contribution in [-0.2, 0) is 17.7 Å². The fraction of sp³-hybridized carbons (Fsp3) is 0.353. The van der Waals surface area contributed by atoms with Gasteiger partial charge in [-0.2, -0.15) is 0 Å². The number of aromatic nitrogens is 2. The van der Waals surface area contributed by atoms with E-state index in [2.05, 4.69) is 44.5 Å². The lowest BCUT2D eigenvalue weighted by Gasteiger charge is -2.29. The van der Waals surface area contributed by atoms with Gasteiger partial charge in [0.05, 0.1) is 19.0 Å². The number of amides is 1. The van der Waals surface area contributed by atoms with Gasteiger partial charge in [-0.1, -0.05) is 24.3 Å². The number of fused-ring (bicyclic) bond motifs is 1. The maximum absolute atomic E-state index is 11.9. The van der Waals surface area contributed by atoms with Gasteiger partial charge in [-0.15, -0.1) is 0 Å². The first-order valence-electron chi connectivity index (χ1n) is 7.69. The fourth-order valence-electron chi connectivity index (χ4n) is 2.65. The van der Waals surface area contributed by atoms with Gasteiger partial charge in [0.1, 0.15) is 11.5 Å². The lowest BCUT2D eigenvalue weighted by molar-refractivity contribution is 0.0931. The SMILES string of the molecule is COCCNC(=O)c1cnc(N2CCc3ccccc3C2)cn1. The smallest absolute Gasteiger partial charge is 0.271 e. The van der Waals surface area contributed by atoms with Gasteiger partial charge in [0.25, 0.3) is 5.91 Å². The van der Waals surface area contributed by atoms with E-state index in [1.165, 1.54) is 17.3 Å². The van der Waals surface area contributed by atoms with Gasteiger partial charge < -0.3 is 15.0 Å². The predicted octanol–water partition coefficient (Wildman–Crippen LogP) is 1.42. The normalized spacial score (nSPS) is 13.5. The van der Waals surface area contributed by atoms with Crippen LogP contribution in [0.2, 0.25) is 0 Å². The minimum absolute atomic E-state index is 0.231. The van der Waals surface area contributed by atoms with Crippen LogP contribution >= 0.6 is 0 Å². The van der Waals surface area contributed by atoms with Crippen molar-refractivity contribution in [3.63, 3.8) is 0 Å². The third-order valence-electron chi connectivity index (χ3n) is 3.92. The summed E-state index contributed by atoms with van der Waals surface area (Å²) < 4.78 is 4.90. The van der Waals surface area contributed by atoms with E-state index >= 15 is 0 Å². The predicted molar refractivity (Wildman–Crippen MR) is 87.4 cm³/mol. The Morgan fingerprint density at radius 1 is 1.26 bits per heavy atom. The van der Waals surface area contributed by atoms with Crippen molar-refractivity contribution < 1.29 is 9.53 Å². The monoisotopic (exact) mass is 312 g/mol. The molecule has 0 radical (unpaired) electrons. The summed E-state index contributed by atoms with van der Waals surface area (Å²) in [5, 5.41) is 2.73. The van der Waals surface area contributed by atoms with Crippen molar-refractivity contribution in [3.8, 4) is 0 Å². The molecular weight excluding hydrogens is 292 g/mol. The van der Waals surface area contributed by atoms with E-state index in [0.717, 1.165) is 25.3 Å². The molecule has 2 aromatic rings. The van der Waals surface area contributed by atoms with E-state index in [-0.39, 0.29) is 5.91 Å². The number of anilines is 1. The van der Waals surface area contributed by atoms with Gasteiger partial charge in [-0.05, 0) is 17.5 Å². The highest BCUT2D eigenvalue weighted by Crippen LogP contribution is 2.22. The van der Waals surface area contributed by atoms with Crippen LogP contribution in [0.5, 0.6) is 0 Å². The number of benzene rings is 1. The second-order valence-corrected chi connectivity index (χ2v) is 5.45. The van der Waals surface area contributed by atoms with Crippen LogP contribution in [0.4, 0.5) is 5.82 Å². The number of carbonyl (C=O) groups excluding carboxylic acids is 1. The highest BCUT2D eigenvalue weighted by Gasteiger charge is 2.17. The van der Waals surface area contributed by atoms with E-state index in [1.807, 2.05) is 0 Å². The van der Waals surface area contributed by atoms with Gasteiger partial charge in [0.15, 0.2) is 0 Å². The number of hydrogen-bond acceptors (Lipinski definition) is 5. The molecule has 0 bridgehead atoms. The number of methoxy groups -OCH3 is 1. The van der Waals surface area contributed by atoms with Crippen LogP contribution < -0.4 is 10.2 Å². The molecule has 6 nitrogen and oxygen atoms in total. The van der Waals surface area contributed by atoms with Crippen LogP contribution in [0, 0.1) is 0 Å². The lowest BCUT2D eigenvalue weighted by atomic mass is 10.0. The molecule has 0 unspecified atom stereocenters. The second kappa shape index (κ2) is 7.19. The Labute approximate surface area is 135 Å². The molecule has 1 N–H and O–H groups in total. The van der Waals surface area contributed by atoms with Crippen molar-refractivity contribution in [2.24, 2.45) is 0 Å². The molecule has 0 spiro atoms. The van der Waals surface area contributed by atoms with Crippen LogP contribution in [0.25, 0.3) is 0 Å². The molecule has 0 aliphatic carbocycles. The van der Waals surface area contributed by atoms with Crippen molar-refractivity contribution >= 4 is 11.7 Å². The second-order valence-electron chi connectivity index (χ2n) is 5.45. The minimum atomic E-state index is -0.231. The Balaban J connectivity index is 1.65.